The van der Waals surface area contributed by atoms with E-state index in [0.29, 0.717) is 12.8 Å². The van der Waals surface area contributed by atoms with Crippen molar-refractivity contribution in [2.75, 3.05) is 13.2 Å². The summed E-state index contributed by atoms with van der Waals surface area (Å²) in [6.07, 6.45) is 25.7. The Morgan fingerprint density at radius 3 is 1.66 bits per heavy atom. The predicted molar refractivity (Wildman–Crippen MR) is 262 cm³/mol. The van der Waals surface area contributed by atoms with E-state index in [1.807, 2.05) is 0 Å². The quantitative estimate of drug-likeness (QED) is 0.00966. The van der Waals surface area contributed by atoms with Crippen LogP contribution in [0.1, 0.15) is 162 Å². The van der Waals surface area contributed by atoms with E-state index in [0.717, 1.165) is 64.2 Å². The van der Waals surface area contributed by atoms with Gasteiger partial charge in [-0.2, -0.15) is 0 Å². The number of aliphatic hydroxyl groups is 8. The summed E-state index contributed by atoms with van der Waals surface area (Å²) >= 11 is 0. The lowest BCUT2D eigenvalue weighted by Crippen LogP contribution is -2.64. The Kier molecular flexibility index (Phi) is 37.0. The number of aliphatic hydroxyl groups excluding tert-OH is 8. The smallest absolute Gasteiger partial charge is 0.462 e. The van der Waals surface area contributed by atoms with Crippen molar-refractivity contribution < 1.29 is 78.4 Å². The average molecular weight is 987 g/mol. The van der Waals surface area contributed by atoms with Crippen LogP contribution in [0.3, 0.4) is 0 Å². The van der Waals surface area contributed by atoms with Gasteiger partial charge >= 0.3 is 19.8 Å². The van der Waals surface area contributed by atoms with Crippen LogP contribution in [0.5, 0.6) is 0 Å². The van der Waals surface area contributed by atoms with E-state index < -0.39 is 94.0 Å². The molecule has 11 atom stereocenters. The summed E-state index contributed by atoms with van der Waals surface area (Å²) in [6.45, 7) is 2.89. The van der Waals surface area contributed by atoms with Crippen LogP contribution in [-0.2, 0) is 32.7 Å². The zero-order valence-corrected chi connectivity index (χ0v) is 41.6. The van der Waals surface area contributed by atoms with Crippen LogP contribution in [0.2, 0.25) is 0 Å². The lowest BCUT2D eigenvalue weighted by molar-refractivity contribution is -0.220. The third-order valence-corrected chi connectivity index (χ3v) is 12.4. The standard InChI is InChI=1S/C51H87O16P/c1-3-5-7-8-9-10-11-12-13-14-15-16-17-18-19-20-21-26-30-36-44(55)64-38-41(39-65-68(62,63)67-51-49(60)47(58)46(57)48(59)50(51)61)66-45(56)37-31-35-43(54)42(53)34-29-25-23-22-24-28-33-40(52)32-27-6-4-2/h9-10,12-13,22-25,28-29,33-34,40-43,46-54,57-61H,3-8,11,14-21,26-27,30-32,35-39H2,1-2H3,(H,62,63)/b10-9-,13-12-,24-22-,25-23+,33-28+,34-29+/t40-,41+,42-,43-,46?,47-,48+,49+,50+,51?/m0/s1. The Morgan fingerprint density at radius 1 is 0.559 bits per heavy atom. The summed E-state index contributed by atoms with van der Waals surface area (Å²) in [4.78, 5) is 35.8. The summed E-state index contributed by atoms with van der Waals surface area (Å²) in [6, 6.07) is 0. The Balaban J connectivity index is 2.57. The molecule has 0 radical (unpaired) electrons. The van der Waals surface area contributed by atoms with E-state index in [-0.39, 0.29) is 25.7 Å². The maximum atomic E-state index is 12.9. The summed E-state index contributed by atoms with van der Waals surface area (Å²) in [7, 11) is -5.22. The lowest BCUT2D eigenvalue weighted by atomic mass is 9.85. The van der Waals surface area contributed by atoms with Crippen LogP contribution >= 0.6 is 7.82 Å². The maximum absolute atomic E-state index is 12.9. The van der Waals surface area contributed by atoms with Gasteiger partial charge in [-0.15, -0.1) is 0 Å². The molecule has 0 heterocycles. The molecule has 0 spiro atoms. The van der Waals surface area contributed by atoms with Crippen LogP contribution < -0.4 is 0 Å². The fraction of sp³-hybridized carbons (Fsp3) is 0.725. The number of allylic oxidation sites excluding steroid dienone is 10. The number of unbranched alkanes of at least 4 members (excludes halogenated alkanes) is 14. The van der Waals surface area contributed by atoms with E-state index in [1.54, 1.807) is 42.5 Å². The van der Waals surface area contributed by atoms with Gasteiger partial charge in [-0.3, -0.25) is 18.6 Å². The van der Waals surface area contributed by atoms with Crippen molar-refractivity contribution in [1.82, 2.24) is 0 Å². The van der Waals surface area contributed by atoms with Gasteiger partial charge < -0.3 is 55.2 Å². The number of ether oxygens (including phenoxy) is 2. The second-order valence-electron chi connectivity index (χ2n) is 17.5. The van der Waals surface area contributed by atoms with Gasteiger partial charge in [-0.1, -0.05) is 164 Å². The van der Waals surface area contributed by atoms with Gasteiger partial charge in [0.25, 0.3) is 0 Å². The van der Waals surface area contributed by atoms with E-state index in [4.69, 9.17) is 18.5 Å². The lowest BCUT2D eigenvalue weighted by Gasteiger charge is -2.41. The summed E-state index contributed by atoms with van der Waals surface area (Å²) < 4.78 is 33.3. The molecule has 0 saturated heterocycles. The minimum atomic E-state index is -5.22. The van der Waals surface area contributed by atoms with E-state index >= 15 is 0 Å². The molecule has 17 heteroatoms. The molecule has 0 aromatic heterocycles. The number of carbonyl (C=O) groups is 2. The highest BCUT2D eigenvalue weighted by Gasteiger charge is 2.51. The van der Waals surface area contributed by atoms with Gasteiger partial charge in [0.05, 0.1) is 24.9 Å². The number of phosphoric acid groups is 1. The molecule has 0 aliphatic heterocycles. The molecule has 1 aliphatic carbocycles. The molecule has 392 valence electrons. The fourth-order valence-electron chi connectivity index (χ4n) is 7.17. The molecule has 1 aliphatic rings. The second-order valence-corrected chi connectivity index (χ2v) is 18.9. The van der Waals surface area contributed by atoms with Crippen LogP contribution in [0.25, 0.3) is 0 Å². The van der Waals surface area contributed by atoms with Crippen molar-refractivity contribution in [3.63, 3.8) is 0 Å². The highest BCUT2D eigenvalue weighted by Crippen LogP contribution is 2.47. The van der Waals surface area contributed by atoms with Crippen LogP contribution in [0.4, 0.5) is 0 Å². The average Bonchev–Trinajstić information content (AvgIpc) is 3.31. The summed E-state index contributed by atoms with van der Waals surface area (Å²) in [5.41, 5.74) is 0. The monoisotopic (exact) mass is 987 g/mol. The molecule has 0 bridgehead atoms. The van der Waals surface area contributed by atoms with E-state index in [1.165, 1.54) is 51.0 Å². The molecule has 1 saturated carbocycles. The summed E-state index contributed by atoms with van der Waals surface area (Å²) in [5, 5.41) is 80.9. The molecule has 16 nitrogen and oxygen atoms in total. The van der Waals surface area contributed by atoms with Gasteiger partial charge in [0.1, 0.15) is 43.2 Å². The molecule has 0 amide bonds. The Hall–Kier alpha value is -2.83. The molecular formula is C51H87O16P. The molecule has 3 unspecified atom stereocenters. The SMILES string of the molecule is CCCCC/C=C\C/C=C\CCCCCCCCCCCC(=O)OC[C@H](COP(=O)(O)OC1[C@H](O)[C@H](O)C(O)[C@H](O)[C@H]1O)OC(=O)CCC[C@H](O)[C@@H](O)/C=C/C=C/C=C\C=C\[C@@H](O)CCCCC. The van der Waals surface area contributed by atoms with Crippen molar-refractivity contribution in [2.45, 2.75) is 223 Å². The molecule has 1 fully saturated rings. The van der Waals surface area contributed by atoms with Crippen LogP contribution in [0.15, 0.2) is 72.9 Å². The van der Waals surface area contributed by atoms with Crippen molar-refractivity contribution in [3.8, 4) is 0 Å². The van der Waals surface area contributed by atoms with E-state index in [2.05, 4.69) is 38.2 Å². The molecule has 0 aromatic carbocycles. The van der Waals surface area contributed by atoms with Gasteiger partial charge in [-0.05, 0) is 57.8 Å². The first-order valence-electron chi connectivity index (χ1n) is 25.1. The molecule has 9 N–H and O–H groups in total. The highest BCUT2D eigenvalue weighted by atomic mass is 31.2. The van der Waals surface area contributed by atoms with E-state index in [9.17, 15) is 59.9 Å². The molecular weight excluding hydrogens is 900 g/mol. The first kappa shape index (κ1) is 63.2. The van der Waals surface area contributed by atoms with Gasteiger partial charge in [0.15, 0.2) is 6.10 Å². The Bertz CT molecular complexity index is 1520. The fourth-order valence-corrected chi connectivity index (χ4v) is 8.14. The third kappa shape index (κ3) is 31.4. The maximum Gasteiger partial charge on any atom is 0.472 e. The van der Waals surface area contributed by atoms with Crippen LogP contribution in [-0.4, -0.2) is 132 Å². The number of hydrogen-bond donors (Lipinski definition) is 9. The van der Waals surface area contributed by atoms with Gasteiger partial charge in [0.2, 0.25) is 0 Å². The predicted octanol–water partition coefficient (Wildman–Crippen LogP) is 7.19. The topological polar surface area (TPSA) is 270 Å². The zero-order valence-electron chi connectivity index (χ0n) is 40.7. The number of carbonyl (C=O) groups excluding carboxylic acids is 2. The number of hydrogen-bond acceptors (Lipinski definition) is 15. The minimum Gasteiger partial charge on any atom is -0.462 e. The van der Waals surface area contributed by atoms with Gasteiger partial charge in [0, 0.05) is 12.8 Å². The Morgan fingerprint density at radius 2 is 1.06 bits per heavy atom. The first-order valence-corrected chi connectivity index (χ1v) is 26.6. The number of esters is 2. The molecule has 0 aromatic rings. The zero-order chi connectivity index (χ0) is 50.4. The van der Waals surface area contributed by atoms with Crippen molar-refractivity contribution in [2.24, 2.45) is 0 Å². The first-order chi connectivity index (χ1) is 32.6. The highest BCUT2D eigenvalue weighted by molar-refractivity contribution is 7.47. The van der Waals surface area contributed by atoms with Crippen molar-refractivity contribution >= 4 is 19.8 Å². The minimum absolute atomic E-state index is 0.000545. The number of phosphoric ester groups is 1. The molecule has 68 heavy (non-hydrogen) atoms. The van der Waals surface area contributed by atoms with Crippen molar-refractivity contribution in [1.29, 1.82) is 0 Å². The van der Waals surface area contributed by atoms with Crippen LogP contribution in [0, 0.1) is 0 Å². The summed E-state index contributed by atoms with van der Waals surface area (Å²) in [5.74, 6) is -1.44. The normalized spacial score (nSPS) is 23.0. The van der Waals surface area contributed by atoms with Gasteiger partial charge in [-0.25, -0.2) is 4.57 Å². The molecule has 1 rings (SSSR count). The largest absolute Gasteiger partial charge is 0.472 e. The number of rotatable bonds is 40. The third-order valence-electron chi connectivity index (χ3n) is 11.4. The second kappa shape index (κ2) is 39.8. The Labute approximate surface area is 405 Å². The van der Waals surface area contributed by atoms with Crippen molar-refractivity contribution in [3.05, 3.63) is 72.9 Å².